The zero-order valence-corrected chi connectivity index (χ0v) is 12.8. The Morgan fingerprint density at radius 3 is 2.37 bits per heavy atom. The Balaban J connectivity index is 2.13. The highest BCUT2D eigenvalue weighted by molar-refractivity contribution is 7.89. The third-order valence-electron chi connectivity index (χ3n) is 3.36. The Kier molecular flexibility index (Phi) is 5.12. The number of sulfonamides is 1. The minimum atomic E-state index is -3.52. The molecule has 0 spiro atoms. The van der Waals surface area contributed by atoms with Crippen LogP contribution in [0.15, 0.2) is 29.2 Å². The molecule has 1 N–H and O–H groups in total. The molecule has 1 aliphatic carbocycles. The number of rotatable bonds is 3. The van der Waals surface area contributed by atoms with Gasteiger partial charge in [0.25, 0.3) is 0 Å². The van der Waals surface area contributed by atoms with Crippen LogP contribution in [0, 0.1) is 0 Å². The fourth-order valence-electron chi connectivity index (χ4n) is 2.28. The zero-order chi connectivity index (χ0) is 13.9. The van der Waals surface area contributed by atoms with E-state index in [9.17, 15) is 8.42 Å². The maximum absolute atomic E-state index is 12.3. The van der Waals surface area contributed by atoms with Crippen molar-refractivity contribution >= 4 is 33.2 Å². The highest BCUT2D eigenvalue weighted by Gasteiger charge is 2.26. The highest BCUT2D eigenvalue weighted by Crippen LogP contribution is 2.24. The topological polar surface area (TPSA) is 46.2 Å². The van der Waals surface area contributed by atoms with Crippen molar-refractivity contribution in [2.24, 2.45) is 0 Å². The number of halogens is 2. The summed E-state index contributed by atoms with van der Waals surface area (Å²) in [5.74, 6) is 0. The lowest BCUT2D eigenvalue weighted by Crippen LogP contribution is -2.40. The lowest BCUT2D eigenvalue weighted by atomic mass is 10.1. The summed E-state index contributed by atoms with van der Waals surface area (Å²) >= 11 is 12.0. The molecular formula is C13H17Cl2NO2S. The number of hydrogen-bond donors (Lipinski definition) is 1. The van der Waals surface area contributed by atoms with Crippen LogP contribution in [-0.4, -0.2) is 19.8 Å². The second-order valence-electron chi connectivity index (χ2n) is 4.84. The average molecular weight is 322 g/mol. The van der Waals surface area contributed by atoms with Crippen molar-refractivity contribution in [1.82, 2.24) is 4.72 Å². The molecule has 3 nitrogen and oxygen atoms in total. The second-order valence-corrected chi connectivity index (χ2v) is 7.55. The Hall–Kier alpha value is -0.290. The Bertz CT molecular complexity index is 516. The van der Waals surface area contributed by atoms with Crippen LogP contribution in [0.4, 0.5) is 0 Å². The smallest absolute Gasteiger partial charge is 0.207 e. The van der Waals surface area contributed by atoms with E-state index in [1.165, 1.54) is 12.1 Å². The van der Waals surface area contributed by atoms with E-state index in [4.69, 9.17) is 23.2 Å². The molecule has 2 rings (SSSR count). The molecule has 2 unspecified atom stereocenters. The summed E-state index contributed by atoms with van der Waals surface area (Å²) in [4.78, 5) is 0.227. The Labute approximate surface area is 124 Å². The van der Waals surface area contributed by atoms with Crippen molar-refractivity contribution in [1.29, 1.82) is 0 Å². The molecule has 0 aromatic heterocycles. The van der Waals surface area contributed by atoms with Gasteiger partial charge in [0.05, 0.1) is 4.90 Å². The van der Waals surface area contributed by atoms with Gasteiger partial charge >= 0.3 is 0 Å². The van der Waals surface area contributed by atoms with Crippen molar-refractivity contribution in [2.75, 3.05) is 0 Å². The fourth-order valence-corrected chi connectivity index (χ4v) is 4.13. The van der Waals surface area contributed by atoms with Crippen LogP contribution in [-0.2, 0) is 10.0 Å². The third kappa shape index (κ3) is 4.09. The SMILES string of the molecule is O=S(=O)(NC1CCCCCC1Cl)c1ccc(Cl)cc1. The molecule has 1 fully saturated rings. The molecule has 19 heavy (non-hydrogen) atoms. The lowest BCUT2D eigenvalue weighted by molar-refractivity contribution is 0.514. The standard InChI is InChI=1S/C13H17Cl2NO2S/c14-10-6-8-11(9-7-10)19(17,18)16-13-5-3-1-2-4-12(13)15/h6-9,12-13,16H,1-5H2. The number of nitrogens with one attached hydrogen (secondary N) is 1. The van der Waals surface area contributed by atoms with Crippen LogP contribution in [0.2, 0.25) is 5.02 Å². The van der Waals surface area contributed by atoms with Crippen LogP contribution in [0.5, 0.6) is 0 Å². The normalized spacial score (nSPS) is 24.9. The predicted molar refractivity (Wildman–Crippen MR) is 78.3 cm³/mol. The van der Waals surface area contributed by atoms with Crippen molar-refractivity contribution in [3.63, 3.8) is 0 Å². The molecule has 0 saturated heterocycles. The molecule has 0 bridgehead atoms. The third-order valence-corrected chi connectivity index (χ3v) is 5.64. The van der Waals surface area contributed by atoms with E-state index >= 15 is 0 Å². The summed E-state index contributed by atoms with van der Waals surface area (Å²) in [5.41, 5.74) is 0. The van der Waals surface area contributed by atoms with Crippen molar-refractivity contribution in [2.45, 2.75) is 48.4 Å². The van der Waals surface area contributed by atoms with Crippen molar-refractivity contribution in [3.8, 4) is 0 Å². The molecule has 0 heterocycles. The molecule has 0 radical (unpaired) electrons. The first-order chi connectivity index (χ1) is 8.99. The van der Waals surface area contributed by atoms with Gasteiger partial charge < -0.3 is 0 Å². The van der Waals surface area contributed by atoms with Crippen LogP contribution < -0.4 is 4.72 Å². The zero-order valence-electron chi connectivity index (χ0n) is 10.5. The largest absolute Gasteiger partial charge is 0.240 e. The van der Waals surface area contributed by atoms with E-state index in [1.54, 1.807) is 12.1 Å². The summed E-state index contributed by atoms with van der Waals surface area (Å²) in [6.45, 7) is 0. The first-order valence-electron chi connectivity index (χ1n) is 6.41. The van der Waals surface area contributed by atoms with Crippen molar-refractivity contribution < 1.29 is 8.42 Å². The van der Waals surface area contributed by atoms with Gasteiger partial charge in [0.15, 0.2) is 0 Å². The Morgan fingerprint density at radius 2 is 1.68 bits per heavy atom. The minimum absolute atomic E-state index is 0.135. The molecule has 1 saturated carbocycles. The highest BCUT2D eigenvalue weighted by atomic mass is 35.5. The molecular weight excluding hydrogens is 305 g/mol. The second kappa shape index (κ2) is 6.44. The number of benzene rings is 1. The quantitative estimate of drug-likeness (QED) is 0.683. The van der Waals surface area contributed by atoms with Crippen LogP contribution in [0.25, 0.3) is 0 Å². The first kappa shape index (κ1) is 15.1. The maximum Gasteiger partial charge on any atom is 0.240 e. The number of hydrogen-bond acceptors (Lipinski definition) is 2. The summed E-state index contributed by atoms with van der Waals surface area (Å²) in [6.07, 6.45) is 4.84. The molecule has 1 aromatic rings. The summed E-state index contributed by atoms with van der Waals surface area (Å²) in [6, 6.07) is 5.96. The fraction of sp³-hybridized carbons (Fsp3) is 0.538. The van der Waals surface area contributed by atoms with E-state index in [1.807, 2.05) is 0 Å². The van der Waals surface area contributed by atoms with Gasteiger partial charge in [0, 0.05) is 16.4 Å². The van der Waals surface area contributed by atoms with Gasteiger partial charge in [-0.1, -0.05) is 30.9 Å². The van der Waals surface area contributed by atoms with E-state index < -0.39 is 10.0 Å². The van der Waals surface area contributed by atoms with E-state index in [0.29, 0.717) is 5.02 Å². The molecule has 6 heteroatoms. The van der Waals surface area contributed by atoms with Crippen molar-refractivity contribution in [3.05, 3.63) is 29.3 Å². The molecule has 1 aromatic carbocycles. The summed E-state index contributed by atoms with van der Waals surface area (Å²) < 4.78 is 27.2. The van der Waals surface area contributed by atoms with Crippen LogP contribution >= 0.6 is 23.2 Å². The first-order valence-corrected chi connectivity index (χ1v) is 8.71. The molecule has 1 aliphatic rings. The molecule has 0 amide bonds. The van der Waals surface area contributed by atoms with E-state index in [0.717, 1.165) is 32.1 Å². The average Bonchev–Trinajstić information content (AvgIpc) is 2.55. The molecule has 106 valence electrons. The van der Waals surface area contributed by atoms with Gasteiger partial charge in [-0.3, -0.25) is 0 Å². The molecule has 2 atom stereocenters. The van der Waals surface area contributed by atoms with Gasteiger partial charge in [0.2, 0.25) is 10.0 Å². The number of alkyl halides is 1. The molecule has 0 aliphatic heterocycles. The Morgan fingerprint density at radius 1 is 1.05 bits per heavy atom. The van der Waals surface area contributed by atoms with E-state index in [2.05, 4.69) is 4.72 Å². The van der Waals surface area contributed by atoms with Crippen LogP contribution in [0.1, 0.15) is 32.1 Å². The van der Waals surface area contributed by atoms with Gasteiger partial charge in [-0.15, -0.1) is 11.6 Å². The summed E-state index contributed by atoms with van der Waals surface area (Å²) in [5, 5.41) is 0.383. The van der Waals surface area contributed by atoms with Gasteiger partial charge in [-0.2, -0.15) is 0 Å². The lowest BCUT2D eigenvalue weighted by Gasteiger charge is -2.21. The van der Waals surface area contributed by atoms with Gasteiger partial charge in [-0.05, 0) is 37.1 Å². The minimum Gasteiger partial charge on any atom is -0.207 e. The van der Waals surface area contributed by atoms with Gasteiger partial charge in [-0.25, -0.2) is 13.1 Å². The predicted octanol–water partition coefficient (Wildman–Crippen LogP) is 3.56. The maximum atomic E-state index is 12.3. The van der Waals surface area contributed by atoms with Crippen LogP contribution in [0.3, 0.4) is 0 Å². The van der Waals surface area contributed by atoms with E-state index in [-0.39, 0.29) is 16.3 Å². The summed E-state index contributed by atoms with van der Waals surface area (Å²) in [7, 11) is -3.52. The van der Waals surface area contributed by atoms with Gasteiger partial charge in [0.1, 0.15) is 0 Å². The monoisotopic (exact) mass is 321 g/mol.